The van der Waals surface area contributed by atoms with Gasteiger partial charge >= 0.3 is 0 Å². The highest BCUT2D eigenvalue weighted by Crippen LogP contribution is 2.43. The number of hydrogen-bond acceptors (Lipinski definition) is 4. The number of likely N-dealkylation sites (N-methyl/N-ethyl adjacent to an activating group) is 1. The van der Waals surface area contributed by atoms with E-state index in [2.05, 4.69) is 22.2 Å². The minimum Gasteiger partial charge on any atom is -0.353 e. The van der Waals surface area contributed by atoms with Crippen molar-refractivity contribution in [1.29, 1.82) is 0 Å². The minimum absolute atomic E-state index is 0.00856. The lowest BCUT2D eigenvalue weighted by Gasteiger charge is -2.53. The second-order valence-corrected chi connectivity index (χ2v) is 8.99. The van der Waals surface area contributed by atoms with Crippen LogP contribution in [0.25, 0.3) is 0 Å². The van der Waals surface area contributed by atoms with Crippen molar-refractivity contribution in [1.82, 2.24) is 20.1 Å². The normalized spacial score (nSPS) is 28.8. The number of carbonyl (C=O) groups excluding carboxylic acids is 2. The summed E-state index contributed by atoms with van der Waals surface area (Å²) in [7, 11) is 2.09. The van der Waals surface area contributed by atoms with E-state index in [0.29, 0.717) is 18.2 Å². The highest BCUT2D eigenvalue weighted by molar-refractivity contribution is 5.95. The van der Waals surface area contributed by atoms with Crippen molar-refractivity contribution >= 4 is 11.8 Å². The Morgan fingerprint density at radius 2 is 1.93 bits per heavy atom. The summed E-state index contributed by atoms with van der Waals surface area (Å²) in [5.41, 5.74) is 1.15. The summed E-state index contributed by atoms with van der Waals surface area (Å²) in [6, 6.07) is 2.14. The Morgan fingerprint density at radius 1 is 1.14 bits per heavy atom. The predicted molar refractivity (Wildman–Crippen MR) is 108 cm³/mol. The molecule has 6 heteroatoms. The lowest BCUT2D eigenvalue weighted by Crippen LogP contribution is -2.66. The Morgan fingerprint density at radius 3 is 2.68 bits per heavy atom. The number of aryl methyl sites for hydroxylation is 1. The Bertz CT molecular complexity index is 746. The molecule has 0 unspecified atom stereocenters. The Balaban J connectivity index is 1.61. The van der Waals surface area contributed by atoms with E-state index in [4.69, 9.17) is 0 Å². The molecule has 2 saturated heterocycles. The Labute approximate surface area is 167 Å². The van der Waals surface area contributed by atoms with Crippen LogP contribution in [0.3, 0.4) is 0 Å². The maximum Gasteiger partial charge on any atom is 0.255 e. The highest BCUT2D eigenvalue weighted by Gasteiger charge is 2.53. The van der Waals surface area contributed by atoms with E-state index in [1.807, 2.05) is 17.9 Å². The van der Waals surface area contributed by atoms with E-state index < -0.39 is 5.41 Å². The van der Waals surface area contributed by atoms with E-state index in [-0.39, 0.29) is 17.9 Å². The fraction of sp³-hybridized carbons (Fsp3) is 0.682. The summed E-state index contributed by atoms with van der Waals surface area (Å²) in [6.07, 6.45) is 10.6. The fourth-order valence-electron chi connectivity index (χ4n) is 5.39. The van der Waals surface area contributed by atoms with Gasteiger partial charge in [-0.2, -0.15) is 0 Å². The molecule has 152 valence electrons. The standard InChI is InChI=1S/C22H32N4O2/c1-16-12-17(14-23-13-16)20(27)26-10-5-8-22(9-11-25(2)15-19(22)26)21(28)24-18-6-3-4-7-18/h12-14,18-19H,3-11,15H2,1-2H3,(H,24,28)/t19-,22+/m0/s1. The first-order valence-corrected chi connectivity index (χ1v) is 10.7. The van der Waals surface area contributed by atoms with Crippen LogP contribution in [0, 0.1) is 12.3 Å². The van der Waals surface area contributed by atoms with E-state index in [9.17, 15) is 9.59 Å². The average molecular weight is 385 g/mol. The van der Waals surface area contributed by atoms with Gasteiger partial charge in [-0.1, -0.05) is 12.8 Å². The first-order valence-electron chi connectivity index (χ1n) is 10.7. The zero-order valence-electron chi connectivity index (χ0n) is 17.1. The molecule has 0 radical (unpaired) electrons. The SMILES string of the molecule is Cc1cncc(C(=O)N2CCC[C@@]3(C(=O)NC4CCCC4)CCN(C)C[C@H]23)c1. The van der Waals surface area contributed by atoms with Crippen LogP contribution in [-0.4, -0.2) is 65.4 Å². The maximum absolute atomic E-state index is 13.5. The topological polar surface area (TPSA) is 65.5 Å². The molecule has 0 spiro atoms. The summed E-state index contributed by atoms with van der Waals surface area (Å²) in [5.74, 6) is 0.187. The molecule has 3 fully saturated rings. The first kappa shape index (κ1) is 19.4. The van der Waals surface area contributed by atoms with Gasteiger partial charge in [0.25, 0.3) is 5.91 Å². The number of nitrogens with zero attached hydrogens (tertiary/aromatic N) is 3. The third-order valence-electron chi connectivity index (χ3n) is 6.99. The van der Waals surface area contributed by atoms with Crippen molar-refractivity contribution in [3.63, 3.8) is 0 Å². The molecular weight excluding hydrogens is 352 g/mol. The van der Waals surface area contributed by atoms with Gasteiger partial charge < -0.3 is 15.1 Å². The van der Waals surface area contributed by atoms with Gasteiger partial charge in [0, 0.05) is 31.5 Å². The van der Waals surface area contributed by atoms with E-state index in [0.717, 1.165) is 50.8 Å². The van der Waals surface area contributed by atoms with Crippen LogP contribution in [0.2, 0.25) is 0 Å². The lowest BCUT2D eigenvalue weighted by atomic mass is 9.67. The maximum atomic E-state index is 13.5. The molecule has 1 aromatic rings. The second-order valence-electron chi connectivity index (χ2n) is 8.99. The smallest absolute Gasteiger partial charge is 0.255 e. The summed E-state index contributed by atoms with van der Waals surface area (Å²) in [6.45, 7) is 4.32. The summed E-state index contributed by atoms with van der Waals surface area (Å²) >= 11 is 0. The van der Waals surface area contributed by atoms with Crippen LogP contribution in [0.5, 0.6) is 0 Å². The molecule has 2 amide bonds. The van der Waals surface area contributed by atoms with Crippen molar-refractivity contribution in [2.75, 3.05) is 26.7 Å². The zero-order chi connectivity index (χ0) is 19.7. The van der Waals surface area contributed by atoms with Gasteiger partial charge in [-0.15, -0.1) is 0 Å². The number of carbonyl (C=O) groups is 2. The van der Waals surface area contributed by atoms with Gasteiger partial charge in [0.05, 0.1) is 17.0 Å². The number of hydrogen-bond donors (Lipinski definition) is 1. The lowest BCUT2D eigenvalue weighted by molar-refractivity contribution is -0.143. The molecule has 1 saturated carbocycles. The molecule has 2 atom stereocenters. The molecule has 0 aromatic carbocycles. The summed E-state index contributed by atoms with van der Waals surface area (Å²) < 4.78 is 0. The van der Waals surface area contributed by atoms with E-state index in [1.165, 1.54) is 12.8 Å². The Kier molecular flexibility index (Phi) is 5.41. The van der Waals surface area contributed by atoms with Crippen LogP contribution in [0.1, 0.15) is 60.9 Å². The molecule has 2 aliphatic heterocycles. The molecule has 28 heavy (non-hydrogen) atoms. The number of nitrogens with one attached hydrogen (secondary N) is 1. The monoisotopic (exact) mass is 384 g/mol. The zero-order valence-corrected chi connectivity index (χ0v) is 17.1. The molecule has 1 N–H and O–H groups in total. The molecule has 0 bridgehead atoms. The average Bonchev–Trinajstić information content (AvgIpc) is 3.20. The van der Waals surface area contributed by atoms with Crippen molar-refractivity contribution in [2.24, 2.45) is 5.41 Å². The van der Waals surface area contributed by atoms with Crippen molar-refractivity contribution < 1.29 is 9.59 Å². The van der Waals surface area contributed by atoms with Gasteiger partial charge in [0.1, 0.15) is 0 Å². The minimum atomic E-state index is -0.458. The number of fused-ring (bicyclic) bond motifs is 1. The second kappa shape index (κ2) is 7.82. The highest BCUT2D eigenvalue weighted by atomic mass is 16.2. The van der Waals surface area contributed by atoms with Crippen molar-refractivity contribution in [2.45, 2.75) is 64.0 Å². The van der Waals surface area contributed by atoms with Gasteiger partial charge in [-0.3, -0.25) is 14.6 Å². The molecule has 6 nitrogen and oxygen atoms in total. The van der Waals surface area contributed by atoms with Gasteiger partial charge in [-0.25, -0.2) is 0 Å². The van der Waals surface area contributed by atoms with Crippen molar-refractivity contribution in [3.8, 4) is 0 Å². The quantitative estimate of drug-likeness (QED) is 0.869. The third-order valence-corrected chi connectivity index (χ3v) is 6.99. The van der Waals surface area contributed by atoms with E-state index >= 15 is 0 Å². The third kappa shape index (κ3) is 3.54. The number of rotatable bonds is 3. The summed E-state index contributed by atoms with van der Waals surface area (Å²) in [5, 5.41) is 3.35. The fourth-order valence-corrected chi connectivity index (χ4v) is 5.39. The number of pyridine rings is 1. The molecule has 1 aliphatic carbocycles. The predicted octanol–water partition coefficient (Wildman–Crippen LogP) is 2.38. The molecule has 3 aliphatic rings. The molecule has 3 heterocycles. The van der Waals surface area contributed by atoms with E-state index in [1.54, 1.807) is 12.4 Å². The molecule has 4 rings (SSSR count). The number of piperidine rings is 2. The van der Waals surface area contributed by atoms with Crippen molar-refractivity contribution in [3.05, 3.63) is 29.6 Å². The molecular formula is C22H32N4O2. The number of likely N-dealkylation sites (tertiary alicyclic amines) is 2. The van der Waals surface area contributed by atoms with Crippen LogP contribution >= 0.6 is 0 Å². The van der Waals surface area contributed by atoms with Crippen LogP contribution in [0.15, 0.2) is 18.5 Å². The Hall–Kier alpha value is -1.95. The van der Waals surface area contributed by atoms with Crippen LogP contribution < -0.4 is 5.32 Å². The van der Waals surface area contributed by atoms with Gasteiger partial charge in [0.2, 0.25) is 5.91 Å². The number of aromatic nitrogens is 1. The van der Waals surface area contributed by atoms with Gasteiger partial charge in [-0.05, 0) is 64.3 Å². The van der Waals surface area contributed by atoms with Crippen LogP contribution in [-0.2, 0) is 4.79 Å². The first-order chi connectivity index (χ1) is 13.5. The molecule has 1 aromatic heterocycles. The van der Waals surface area contributed by atoms with Gasteiger partial charge in [0.15, 0.2) is 0 Å². The largest absolute Gasteiger partial charge is 0.353 e. The number of amides is 2. The van der Waals surface area contributed by atoms with Crippen LogP contribution in [0.4, 0.5) is 0 Å². The summed E-state index contributed by atoms with van der Waals surface area (Å²) in [4.78, 5) is 35.3.